The summed E-state index contributed by atoms with van der Waals surface area (Å²) in [5.41, 5.74) is 0. The van der Waals surface area contributed by atoms with Crippen molar-refractivity contribution in [1.82, 2.24) is 10.6 Å². The molecule has 2 unspecified atom stereocenters. The summed E-state index contributed by atoms with van der Waals surface area (Å²) in [4.78, 5) is 21.5. The Kier molecular flexibility index (Phi) is 7.23. The molecule has 0 fully saturated rings. The number of rotatable bonds is 7. The number of carboxylic acid groups (broad SMARTS) is 1. The first-order chi connectivity index (χ1) is 7.51. The number of hydrogen-bond donors (Lipinski definition) is 4. The summed E-state index contributed by atoms with van der Waals surface area (Å²) in [5, 5.41) is 22.1. The lowest BCUT2D eigenvalue weighted by Crippen LogP contribution is -2.46. The first-order valence-electron chi connectivity index (χ1n) is 4.95. The van der Waals surface area contributed by atoms with Gasteiger partial charge in [0.1, 0.15) is 0 Å². The number of hydrogen-bond acceptors (Lipinski definition) is 4. The van der Waals surface area contributed by atoms with Crippen LogP contribution < -0.4 is 10.6 Å². The van der Waals surface area contributed by atoms with Crippen molar-refractivity contribution in [2.24, 2.45) is 0 Å². The molecule has 2 atom stereocenters. The fraction of sp³-hybridized carbons (Fsp3) is 0.778. The van der Waals surface area contributed by atoms with Crippen molar-refractivity contribution >= 4 is 12.0 Å². The Labute approximate surface area is 93.8 Å². The van der Waals surface area contributed by atoms with E-state index in [4.69, 9.17) is 14.9 Å². The lowest BCUT2D eigenvalue weighted by atomic mass is 10.2. The standard InChI is InChI=1S/C9H18N2O5/c1-3-6(5-16-2)11-9(15)10-4-7(12)8(13)14/h6-7,12H,3-5H2,1-2H3,(H,13,14)(H2,10,11,15). The van der Waals surface area contributed by atoms with Crippen molar-refractivity contribution in [3.8, 4) is 0 Å². The van der Waals surface area contributed by atoms with Gasteiger partial charge in [-0.2, -0.15) is 0 Å². The van der Waals surface area contributed by atoms with Crippen LogP contribution in [0.25, 0.3) is 0 Å². The van der Waals surface area contributed by atoms with Crippen molar-refractivity contribution in [2.45, 2.75) is 25.5 Å². The van der Waals surface area contributed by atoms with Crippen LogP contribution in [0.5, 0.6) is 0 Å². The van der Waals surface area contributed by atoms with E-state index in [1.54, 1.807) is 0 Å². The van der Waals surface area contributed by atoms with Gasteiger partial charge in [0.05, 0.1) is 19.2 Å². The molecule has 16 heavy (non-hydrogen) atoms. The molecule has 0 saturated heterocycles. The second-order valence-corrected chi connectivity index (χ2v) is 3.27. The van der Waals surface area contributed by atoms with Gasteiger partial charge < -0.3 is 25.6 Å². The number of carbonyl (C=O) groups is 2. The van der Waals surface area contributed by atoms with E-state index in [1.807, 2.05) is 6.92 Å². The molecule has 0 heterocycles. The van der Waals surface area contributed by atoms with Gasteiger partial charge in [0, 0.05) is 7.11 Å². The third-order valence-electron chi connectivity index (χ3n) is 1.94. The summed E-state index contributed by atoms with van der Waals surface area (Å²) in [5.74, 6) is -1.37. The van der Waals surface area contributed by atoms with Gasteiger partial charge >= 0.3 is 12.0 Å². The number of ether oxygens (including phenoxy) is 1. The van der Waals surface area contributed by atoms with Crippen LogP contribution in [0, 0.1) is 0 Å². The molecule has 0 aliphatic heterocycles. The van der Waals surface area contributed by atoms with E-state index >= 15 is 0 Å². The van der Waals surface area contributed by atoms with Gasteiger partial charge in [-0.3, -0.25) is 0 Å². The van der Waals surface area contributed by atoms with Gasteiger partial charge in [-0.1, -0.05) is 6.92 Å². The maximum absolute atomic E-state index is 11.2. The number of carbonyl (C=O) groups excluding carboxylic acids is 1. The predicted molar refractivity (Wildman–Crippen MR) is 56.1 cm³/mol. The zero-order valence-corrected chi connectivity index (χ0v) is 9.40. The van der Waals surface area contributed by atoms with Crippen molar-refractivity contribution in [2.75, 3.05) is 20.3 Å². The van der Waals surface area contributed by atoms with E-state index in [1.165, 1.54) is 7.11 Å². The van der Waals surface area contributed by atoms with Gasteiger partial charge in [0.2, 0.25) is 0 Å². The molecule has 2 amide bonds. The van der Waals surface area contributed by atoms with Crippen LogP contribution >= 0.6 is 0 Å². The normalized spacial score (nSPS) is 13.9. The number of nitrogens with one attached hydrogen (secondary N) is 2. The summed E-state index contributed by atoms with van der Waals surface area (Å²) in [6, 6.07) is -0.656. The highest BCUT2D eigenvalue weighted by atomic mass is 16.5. The minimum Gasteiger partial charge on any atom is -0.479 e. The first kappa shape index (κ1) is 14.7. The van der Waals surface area contributed by atoms with Gasteiger partial charge in [-0.15, -0.1) is 0 Å². The van der Waals surface area contributed by atoms with Gasteiger partial charge in [0.25, 0.3) is 0 Å². The molecule has 0 aromatic rings. The van der Waals surface area contributed by atoms with E-state index in [0.717, 1.165) is 0 Å². The fourth-order valence-corrected chi connectivity index (χ4v) is 0.976. The number of urea groups is 1. The summed E-state index contributed by atoms with van der Waals surface area (Å²) < 4.78 is 4.87. The molecular formula is C9H18N2O5. The summed E-state index contributed by atoms with van der Waals surface area (Å²) in [6.07, 6.45) is -0.892. The zero-order chi connectivity index (χ0) is 12.6. The van der Waals surface area contributed by atoms with Crippen LogP contribution in [0.3, 0.4) is 0 Å². The average molecular weight is 234 g/mol. The maximum atomic E-state index is 11.2. The van der Waals surface area contributed by atoms with E-state index in [-0.39, 0.29) is 12.6 Å². The van der Waals surface area contributed by atoms with Crippen molar-refractivity contribution in [3.63, 3.8) is 0 Å². The minimum atomic E-state index is -1.59. The molecule has 94 valence electrons. The number of aliphatic carboxylic acids is 1. The molecule has 0 saturated carbocycles. The van der Waals surface area contributed by atoms with Gasteiger partial charge in [-0.25, -0.2) is 9.59 Å². The predicted octanol–water partition coefficient (Wildman–Crippen LogP) is -0.844. The van der Waals surface area contributed by atoms with Crippen LogP contribution in [0.1, 0.15) is 13.3 Å². The molecule has 0 radical (unpaired) electrons. The maximum Gasteiger partial charge on any atom is 0.334 e. The Morgan fingerprint density at radius 2 is 2.06 bits per heavy atom. The van der Waals surface area contributed by atoms with Crippen LogP contribution in [-0.2, 0) is 9.53 Å². The van der Waals surface area contributed by atoms with E-state index in [9.17, 15) is 9.59 Å². The third-order valence-corrected chi connectivity index (χ3v) is 1.94. The molecular weight excluding hydrogens is 216 g/mol. The van der Waals surface area contributed by atoms with Crippen LogP contribution in [0.15, 0.2) is 0 Å². The molecule has 0 rings (SSSR count). The quantitative estimate of drug-likeness (QED) is 0.459. The van der Waals surface area contributed by atoms with Crippen LogP contribution in [-0.4, -0.2) is 54.6 Å². The number of aliphatic hydroxyl groups is 1. The highest BCUT2D eigenvalue weighted by Crippen LogP contribution is 1.91. The Morgan fingerprint density at radius 3 is 2.50 bits per heavy atom. The number of methoxy groups -OCH3 is 1. The number of carboxylic acids is 1. The van der Waals surface area contributed by atoms with Crippen molar-refractivity contribution in [1.29, 1.82) is 0 Å². The molecule has 7 nitrogen and oxygen atoms in total. The molecule has 0 aliphatic carbocycles. The average Bonchev–Trinajstić information content (AvgIpc) is 2.24. The van der Waals surface area contributed by atoms with Gasteiger partial charge in [-0.05, 0) is 6.42 Å². The van der Waals surface area contributed by atoms with E-state index in [0.29, 0.717) is 13.0 Å². The molecule has 4 N–H and O–H groups in total. The Morgan fingerprint density at radius 1 is 1.44 bits per heavy atom. The number of amides is 2. The SMILES string of the molecule is CCC(COC)NC(=O)NCC(O)C(=O)O. The molecule has 0 aromatic carbocycles. The Hall–Kier alpha value is -1.34. The lowest BCUT2D eigenvalue weighted by molar-refractivity contribution is -0.146. The second kappa shape index (κ2) is 7.89. The second-order valence-electron chi connectivity index (χ2n) is 3.27. The molecule has 0 spiro atoms. The first-order valence-corrected chi connectivity index (χ1v) is 4.95. The number of aliphatic hydroxyl groups excluding tert-OH is 1. The molecule has 7 heteroatoms. The van der Waals surface area contributed by atoms with Gasteiger partial charge in [0.15, 0.2) is 6.10 Å². The summed E-state index contributed by atoms with van der Waals surface area (Å²) in [7, 11) is 1.52. The summed E-state index contributed by atoms with van der Waals surface area (Å²) >= 11 is 0. The molecule has 0 aliphatic rings. The third kappa shape index (κ3) is 6.20. The Bertz CT molecular complexity index is 234. The van der Waals surface area contributed by atoms with Crippen molar-refractivity contribution in [3.05, 3.63) is 0 Å². The van der Waals surface area contributed by atoms with Crippen molar-refractivity contribution < 1.29 is 24.5 Å². The summed E-state index contributed by atoms with van der Waals surface area (Å²) in [6.45, 7) is 1.94. The van der Waals surface area contributed by atoms with Crippen LogP contribution in [0.4, 0.5) is 4.79 Å². The monoisotopic (exact) mass is 234 g/mol. The largest absolute Gasteiger partial charge is 0.479 e. The van der Waals surface area contributed by atoms with E-state index < -0.39 is 18.1 Å². The van der Waals surface area contributed by atoms with Crippen LogP contribution in [0.2, 0.25) is 0 Å². The Balaban J connectivity index is 3.84. The smallest absolute Gasteiger partial charge is 0.334 e. The van der Waals surface area contributed by atoms with E-state index in [2.05, 4.69) is 10.6 Å². The fourth-order valence-electron chi connectivity index (χ4n) is 0.976. The molecule has 0 aromatic heterocycles. The topological polar surface area (TPSA) is 108 Å². The minimum absolute atomic E-state index is 0.132. The highest BCUT2D eigenvalue weighted by molar-refractivity contribution is 5.76. The lowest BCUT2D eigenvalue weighted by Gasteiger charge is -2.16. The zero-order valence-electron chi connectivity index (χ0n) is 9.40. The molecule has 0 bridgehead atoms. The highest BCUT2D eigenvalue weighted by Gasteiger charge is 2.15.